The Morgan fingerprint density at radius 3 is 2.20 bits per heavy atom. The van der Waals surface area contributed by atoms with Gasteiger partial charge in [-0.1, -0.05) is 0 Å². The standard InChI is InChI=1S/C9H13F4N3O4/c10-7(11)9(12,13)3-15-8(20)16-4(6(18)19)1-2-5(14)17/h4,7H,1-3H2,(H2,14,17)(H,18,19)(H2,15,16,20)/t4-/m1/s1. The highest BCUT2D eigenvalue weighted by molar-refractivity contribution is 5.83. The van der Waals surface area contributed by atoms with Crippen molar-refractivity contribution in [1.29, 1.82) is 0 Å². The Bertz CT molecular complexity index is 378. The van der Waals surface area contributed by atoms with Crippen LogP contribution in [0.25, 0.3) is 0 Å². The number of carboxylic acids is 1. The number of nitrogens with one attached hydrogen (secondary N) is 2. The van der Waals surface area contributed by atoms with Crippen LogP contribution in [-0.4, -0.2) is 47.9 Å². The Hall–Kier alpha value is -2.07. The summed E-state index contributed by atoms with van der Waals surface area (Å²) in [5, 5.41) is 11.9. The highest BCUT2D eigenvalue weighted by Crippen LogP contribution is 2.21. The number of amides is 3. The molecule has 0 aromatic carbocycles. The fourth-order valence-corrected chi connectivity index (χ4v) is 1.03. The molecule has 11 heteroatoms. The zero-order valence-corrected chi connectivity index (χ0v) is 10.0. The molecule has 0 heterocycles. The predicted octanol–water partition coefficient (Wildman–Crippen LogP) is -0.0953. The molecular formula is C9H13F4N3O4. The quantitative estimate of drug-likeness (QED) is 0.468. The summed E-state index contributed by atoms with van der Waals surface area (Å²) in [7, 11) is 0. The minimum atomic E-state index is -4.43. The predicted molar refractivity (Wildman–Crippen MR) is 57.3 cm³/mol. The lowest BCUT2D eigenvalue weighted by Gasteiger charge is -2.18. The van der Waals surface area contributed by atoms with Crippen molar-refractivity contribution in [1.82, 2.24) is 10.6 Å². The van der Waals surface area contributed by atoms with E-state index in [4.69, 9.17) is 10.8 Å². The number of carboxylic acid groups (broad SMARTS) is 1. The zero-order valence-electron chi connectivity index (χ0n) is 10.0. The van der Waals surface area contributed by atoms with Gasteiger partial charge in [-0.05, 0) is 6.42 Å². The van der Waals surface area contributed by atoms with Crippen molar-refractivity contribution in [3.8, 4) is 0 Å². The van der Waals surface area contributed by atoms with Crippen LogP contribution in [0.2, 0.25) is 0 Å². The van der Waals surface area contributed by atoms with Gasteiger partial charge in [-0.15, -0.1) is 0 Å². The lowest BCUT2D eigenvalue weighted by molar-refractivity contribution is -0.139. The molecule has 0 radical (unpaired) electrons. The number of hydrogen-bond donors (Lipinski definition) is 4. The van der Waals surface area contributed by atoms with Crippen LogP contribution in [0, 0.1) is 0 Å². The number of hydrogen-bond acceptors (Lipinski definition) is 3. The van der Waals surface area contributed by atoms with Crippen molar-refractivity contribution >= 4 is 17.9 Å². The average molecular weight is 303 g/mol. The Labute approximate surface area is 110 Å². The van der Waals surface area contributed by atoms with Gasteiger partial charge < -0.3 is 21.5 Å². The molecular weight excluding hydrogens is 290 g/mol. The van der Waals surface area contributed by atoms with E-state index in [2.05, 4.69) is 0 Å². The Morgan fingerprint density at radius 1 is 1.25 bits per heavy atom. The SMILES string of the molecule is NC(=O)CC[C@@H](NC(=O)NCC(F)(F)C(F)F)C(=O)O. The van der Waals surface area contributed by atoms with Crippen LogP contribution < -0.4 is 16.4 Å². The smallest absolute Gasteiger partial charge is 0.326 e. The van der Waals surface area contributed by atoms with Crippen molar-refractivity contribution in [2.24, 2.45) is 5.73 Å². The van der Waals surface area contributed by atoms with Gasteiger partial charge in [0.15, 0.2) is 0 Å². The average Bonchev–Trinajstić information content (AvgIpc) is 2.31. The highest BCUT2D eigenvalue weighted by atomic mass is 19.3. The number of alkyl halides is 4. The first-order valence-electron chi connectivity index (χ1n) is 5.27. The van der Waals surface area contributed by atoms with E-state index in [-0.39, 0.29) is 12.8 Å². The van der Waals surface area contributed by atoms with E-state index in [0.717, 1.165) is 0 Å². The number of carbonyl (C=O) groups excluding carboxylic acids is 2. The third-order valence-corrected chi connectivity index (χ3v) is 2.09. The van der Waals surface area contributed by atoms with Gasteiger partial charge >= 0.3 is 24.3 Å². The zero-order chi connectivity index (χ0) is 15.9. The van der Waals surface area contributed by atoms with Crippen molar-refractivity contribution in [2.75, 3.05) is 6.54 Å². The number of aliphatic carboxylic acids is 1. The molecule has 0 unspecified atom stereocenters. The summed E-state index contributed by atoms with van der Waals surface area (Å²) >= 11 is 0. The van der Waals surface area contributed by atoms with E-state index in [1.54, 1.807) is 5.32 Å². The molecule has 116 valence electrons. The number of urea groups is 1. The third kappa shape index (κ3) is 6.75. The molecule has 1 atom stereocenters. The molecule has 0 spiro atoms. The summed E-state index contributed by atoms with van der Waals surface area (Å²) in [5.41, 5.74) is 4.78. The van der Waals surface area contributed by atoms with Crippen LogP contribution in [0.5, 0.6) is 0 Å². The largest absolute Gasteiger partial charge is 0.480 e. The maximum absolute atomic E-state index is 12.5. The Kier molecular flexibility index (Phi) is 6.73. The number of halogens is 4. The van der Waals surface area contributed by atoms with Gasteiger partial charge in [0.1, 0.15) is 6.04 Å². The number of carbonyl (C=O) groups is 3. The molecule has 0 saturated carbocycles. The second kappa shape index (κ2) is 7.50. The van der Waals surface area contributed by atoms with Gasteiger partial charge in [0, 0.05) is 6.42 Å². The lowest BCUT2D eigenvalue weighted by Crippen LogP contribution is -2.50. The molecule has 7 nitrogen and oxygen atoms in total. The first kappa shape index (κ1) is 17.9. The van der Waals surface area contributed by atoms with Crippen LogP contribution in [0.15, 0.2) is 0 Å². The van der Waals surface area contributed by atoms with E-state index in [1.165, 1.54) is 5.32 Å². The summed E-state index contributed by atoms with van der Waals surface area (Å²) in [6.45, 7) is -1.65. The Morgan fingerprint density at radius 2 is 1.80 bits per heavy atom. The monoisotopic (exact) mass is 303 g/mol. The number of primary amides is 1. The van der Waals surface area contributed by atoms with E-state index < -0.39 is 42.8 Å². The molecule has 0 aromatic rings. The lowest BCUT2D eigenvalue weighted by atomic mass is 10.1. The number of rotatable bonds is 8. The van der Waals surface area contributed by atoms with Crippen LogP contribution >= 0.6 is 0 Å². The molecule has 0 aliphatic rings. The molecule has 3 amide bonds. The van der Waals surface area contributed by atoms with Gasteiger partial charge in [-0.3, -0.25) is 4.79 Å². The number of nitrogens with two attached hydrogens (primary N) is 1. The topological polar surface area (TPSA) is 122 Å². The van der Waals surface area contributed by atoms with Gasteiger partial charge in [0.2, 0.25) is 5.91 Å². The molecule has 5 N–H and O–H groups in total. The second-order valence-corrected chi connectivity index (χ2v) is 3.78. The first-order valence-corrected chi connectivity index (χ1v) is 5.27. The minimum absolute atomic E-state index is 0.357. The molecule has 0 rings (SSSR count). The Balaban J connectivity index is 4.33. The normalized spacial score (nSPS) is 12.8. The molecule has 0 aliphatic heterocycles. The van der Waals surface area contributed by atoms with E-state index in [0.29, 0.717) is 0 Å². The van der Waals surface area contributed by atoms with Gasteiger partial charge in [-0.2, -0.15) is 8.78 Å². The maximum atomic E-state index is 12.5. The summed E-state index contributed by atoms with van der Waals surface area (Å²) in [6.07, 6.45) is -4.68. The van der Waals surface area contributed by atoms with E-state index in [9.17, 15) is 31.9 Å². The molecule has 0 aliphatic carbocycles. The minimum Gasteiger partial charge on any atom is -0.480 e. The molecule has 0 bridgehead atoms. The molecule has 20 heavy (non-hydrogen) atoms. The summed E-state index contributed by atoms with van der Waals surface area (Å²) < 4.78 is 48.6. The van der Waals surface area contributed by atoms with Crippen molar-refractivity contribution < 1.29 is 37.1 Å². The van der Waals surface area contributed by atoms with Gasteiger partial charge in [-0.25, -0.2) is 18.4 Å². The highest BCUT2D eigenvalue weighted by Gasteiger charge is 2.41. The summed E-state index contributed by atoms with van der Waals surface area (Å²) in [5.74, 6) is -6.77. The maximum Gasteiger partial charge on any atom is 0.326 e. The van der Waals surface area contributed by atoms with Gasteiger partial charge in [0.25, 0.3) is 0 Å². The molecule has 0 aromatic heterocycles. The fourth-order valence-electron chi connectivity index (χ4n) is 1.03. The van der Waals surface area contributed by atoms with Crippen LogP contribution in [-0.2, 0) is 9.59 Å². The van der Waals surface area contributed by atoms with Crippen LogP contribution in [0.3, 0.4) is 0 Å². The third-order valence-electron chi connectivity index (χ3n) is 2.09. The summed E-state index contributed by atoms with van der Waals surface area (Å²) in [4.78, 5) is 32.2. The van der Waals surface area contributed by atoms with Crippen molar-refractivity contribution in [3.63, 3.8) is 0 Å². The van der Waals surface area contributed by atoms with Crippen LogP contribution in [0.4, 0.5) is 22.4 Å². The van der Waals surface area contributed by atoms with Crippen molar-refractivity contribution in [2.45, 2.75) is 31.2 Å². The molecule has 0 fully saturated rings. The van der Waals surface area contributed by atoms with Crippen molar-refractivity contribution in [3.05, 3.63) is 0 Å². The molecule has 0 saturated heterocycles. The summed E-state index contributed by atoms with van der Waals surface area (Å²) in [6, 6.07) is -2.93. The fraction of sp³-hybridized carbons (Fsp3) is 0.667. The first-order chi connectivity index (χ1) is 9.06. The van der Waals surface area contributed by atoms with E-state index in [1.807, 2.05) is 0 Å². The second-order valence-electron chi connectivity index (χ2n) is 3.78. The van der Waals surface area contributed by atoms with E-state index >= 15 is 0 Å². The van der Waals surface area contributed by atoms with Crippen LogP contribution in [0.1, 0.15) is 12.8 Å². The van der Waals surface area contributed by atoms with Gasteiger partial charge in [0.05, 0.1) is 6.54 Å².